The molecule has 1 aromatic rings. The van der Waals surface area contributed by atoms with Crippen molar-refractivity contribution >= 4 is 5.69 Å². The van der Waals surface area contributed by atoms with Gasteiger partial charge in [-0.3, -0.25) is 0 Å². The van der Waals surface area contributed by atoms with E-state index in [4.69, 9.17) is 4.74 Å². The van der Waals surface area contributed by atoms with E-state index in [0.717, 1.165) is 24.4 Å². The van der Waals surface area contributed by atoms with Crippen molar-refractivity contribution < 1.29 is 9.84 Å². The average Bonchev–Trinajstić information content (AvgIpc) is 2.44. The summed E-state index contributed by atoms with van der Waals surface area (Å²) in [5, 5.41) is 13.6. The number of anilines is 1. The standard InChI is InChI=1S/C15H23NO2/c1-3-15(17,4-2)11-18-13-9-5-7-12-8-6-10-16-14(12)13/h5,7,9,16-17H,3-4,6,8,10-11H2,1-2H3. The lowest BCUT2D eigenvalue weighted by Crippen LogP contribution is -2.34. The largest absolute Gasteiger partial charge is 0.488 e. The zero-order valence-corrected chi connectivity index (χ0v) is 11.3. The minimum atomic E-state index is -0.711. The predicted molar refractivity (Wildman–Crippen MR) is 74.3 cm³/mol. The van der Waals surface area contributed by atoms with Gasteiger partial charge in [0.1, 0.15) is 12.4 Å². The molecule has 0 aliphatic carbocycles. The zero-order valence-electron chi connectivity index (χ0n) is 11.3. The van der Waals surface area contributed by atoms with Crippen molar-refractivity contribution in [2.75, 3.05) is 18.5 Å². The maximum absolute atomic E-state index is 10.2. The summed E-state index contributed by atoms with van der Waals surface area (Å²) in [7, 11) is 0. The van der Waals surface area contributed by atoms with Gasteiger partial charge in [0.25, 0.3) is 0 Å². The van der Waals surface area contributed by atoms with Crippen LogP contribution in [0.25, 0.3) is 0 Å². The van der Waals surface area contributed by atoms with E-state index < -0.39 is 5.60 Å². The van der Waals surface area contributed by atoms with Crippen LogP contribution in [-0.2, 0) is 6.42 Å². The Kier molecular flexibility index (Phi) is 4.12. The molecular formula is C15H23NO2. The molecule has 0 saturated heterocycles. The third-order valence-electron chi connectivity index (χ3n) is 3.85. The van der Waals surface area contributed by atoms with Crippen molar-refractivity contribution in [1.82, 2.24) is 0 Å². The molecule has 0 atom stereocenters. The second-order valence-electron chi connectivity index (χ2n) is 5.04. The summed E-state index contributed by atoms with van der Waals surface area (Å²) in [4.78, 5) is 0. The molecule has 0 saturated carbocycles. The van der Waals surface area contributed by atoms with E-state index in [1.165, 1.54) is 12.0 Å². The van der Waals surface area contributed by atoms with Crippen LogP contribution in [-0.4, -0.2) is 23.9 Å². The topological polar surface area (TPSA) is 41.5 Å². The Hall–Kier alpha value is -1.22. The van der Waals surface area contributed by atoms with Crippen LogP contribution in [0.5, 0.6) is 5.75 Å². The number of para-hydroxylation sites is 1. The second kappa shape index (κ2) is 5.61. The van der Waals surface area contributed by atoms with Crippen LogP contribution in [0.2, 0.25) is 0 Å². The van der Waals surface area contributed by atoms with E-state index >= 15 is 0 Å². The third kappa shape index (κ3) is 2.78. The summed E-state index contributed by atoms with van der Waals surface area (Å²) in [6, 6.07) is 6.14. The van der Waals surface area contributed by atoms with Crippen LogP contribution in [0.15, 0.2) is 18.2 Å². The van der Waals surface area contributed by atoms with Gasteiger partial charge in [-0.05, 0) is 37.3 Å². The Bertz CT molecular complexity index is 399. The van der Waals surface area contributed by atoms with Gasteiger partial charge in [0.15, 0.2) is 0 Å². The summed E-state index contributed by atoms with van der Waals surface area (Å²) in [5.41, 5.74) is 1.71. The first-order valence-corrected chi connectivity index (χ1v) is 6.89. The van der Waals surface area contributed by atoms with Gasteiger partial charge in [0.05, 0.1) is 11.3 Å². The number of nitrogens with one attached hydrogen (secondary N) is 1. The number of ether oxygens (including phenoxy) is 1. The SMILES string of the molecule is CCC(O)(CC)COc1cccc2c1NCCC2. The van der Waals surface area contributed by atoms with Crippen molar-refractivity contribution in [3.05, 3.63) is 23.8 Å². The van der Waals surface area contributed by atoms with E-state index in [1.54, 1.807) is 0 Å². The molecule has 0 unspecified atom stereocenters. The molecule has 0 spiro atoms. The van der Waals surface area contributed by atoms with E-state index in [1.807, 2.05) is 26.0 Å². The smallest absolute Gasteiger partial charge is 0.142 e. The summed E-state index contributed by atoms with van der Waals surface area (Å²) in [6.45, 7) is 5.34. The first-order valence-electron chi connectivity index (χ1n) is 6.89. The molecule has 0 amide bonds. The number of fused-ring (bicyclic) bond motifs is 1. The van der Waals surface area contributed by atoms with Crippen LogP contribution in [0.3, 0.4) is 0 Å². The minimum Gasteiger partial charge on any atom is -0.488 e. The summed E-state index contributed by atoms with van der Waals surface area (Å²) in [6.07, 6.45) is 3.70. The van der Waals surface area contributed by atoms with Gasteiger partial charge in [0, 0.05) is 6.54 Å². The molecule has 2 N–H and O–H groups in total. The van der Waals surface area contributed by atoms with Crippen LogP contribution < -0.4 is 10.1 Å². The Labute approximate surface area is 109 Å². The maximum atomic E-state index is 10.2. The highest BCUT2D eigenvalue weighted by Crippen LogP contribution is 2.32. The molecule has 100 valence electrons. The lowest BCUT2D eigenvalue weighted by molar-refractivity contribution is -0.0111. The van der Waals surface area contributed by atoms with Crippen molar-refractivity contribution in [3.8, 4) is 5.75 Å². The maximum Gasteiger partial charge on any atom is 0.142 e. The molecule has 0 radical (unpaired) electrons. The summed E-state index contributed by atoms with van der Waals surface area (Å²) in [5.74, 6) is 0.868. The molecule has 0 bridgehead atoms. The monoisotopic (exact) mass is 249 g/mol. The number of hydrogen-bond acceptors (Lipinski definition) is 3. The van der Waals surface area contributed by atoms with Crippen LogP contribution in [0.1, 0.15) is 38.7 Å². The van der Waals surface area contributed by atoms with Crippen LogP contribution in [0, 0.1) is 0 Å². The number of aliphatic hydroxyl groups is 1. The van der Waals surface area contributed by atoms with Crippen molar-refractivity contribution in [2.24, 2.45) is 0 Å². The van der Waals surface area contributed by atoms with Gasteiger partial charge in [-0.2, -0.15) is 0 Å². The normalized spacial score (nSPS) is 14.8. The Balaban J connectivity index is 2.10. The number of rotatable bonds is 5. The summed E-state index contributed by atoms with van der Waals surface area (Å²) < 4.78 is 5.84. The fraction of sp³-hybridized carbons (Fsp3) is 0.600. The lowest BCUT2D eigenvalue weighted by atomic mass is 9.99. The van der Waals surface area contributed by atoms with Gasteiger partial charge < -0.3 is 15.2 Å². The third-order valence-corrected chi connectivity index (χ3v) is 3.85. The molecule has 1 aromatic carbocycles. The average molecular weight is 249 g/mol. The number of hydrogen-bond donors (Lipinski definition) is 2. The summed E-state index contributed by atoms with van der Waals surface area (Å²) >= 11 is 0. The Morgan fingerprint density at radius 2 is 2.11 bits per heavy atom. The Morgan fingerprint density at radius 3 is 2.83 bits per heavy atom. The zero-order chi connectivity index (χ0) is 13.0. The minimum absolute atomic E-state index is 0.359. The highest BCUT2D eigenvalue weighted by molar-refractivity contribution is 5.63. The number of benzene rings is 1. The van der Waals surface area contributed by atoms with Crippen molar-refractivity contribution in [2.45, 2.75) is 45.1 Å². The molecule has 1 aliphatic heterocycles. The van der Waals surface area contributed by atoms with Crippen LogP contribution in [0.4, 0.5) is 5.69 Å². The highest BCUT2D eigenvalue weighted by Gasteiger charge is 2.24. The number of aryl methyl sites for hydroxylation is 1. The fourth-order valence-electron chi connectivity index (χ4n) is 2.26. The van der Waals surface area contributed by atoms with Gasteiger partial charge in [-0.1, -0.05) is 26.0 Å². The fourth-order valence-corrected chi connectivity index (χ4v) is 2.26. The van der Waals surface area contributed by atoms with E-state index in [9.17, 15) is 5.11 Å². The van der Waals surface area contributed by atoms with Crippen molar-refractivity contribution in [1.29, 1.82) is 0 Å². The van der Waals surface area contributed by atoms with E-state index in [0.29, 0.717) is 19.4 Å². The molecule has 3 nitrogen and oxygen atoms in total. The second-order valence-corrected chi connectivity index (χ2v) is 5.04. The van der Waals surface area contributed by atoms with Crippen LogP contribution >= 0.6 is 0 Å². The quantitative estimate of drug-likeness (QED) is 0.843. The predicted octanol–water partition coefficient (Wildman–Crippen LogP) is 2.97. The molecule has 2 rings (SSSR count). The molecule has 1 heterocycles. The molecule has 1 aliphatic rings. The van der Waals surface area contributed by atoms with E-state index in [-0.39, 0.29) is 0 Å². The lowest BCUT2D eigenvalue weighted by Gasteiger charge is -2.27. The van der Waals surface area contributed by atoms with E-state index in [2.05, 4.69) is 11.4 Å². The van der Waals surface area contributed by atoms with Gasteiger partial charge in [-0.25, -0.2) is 0 Å². The molecule has 18 heavy (non-hydrogen) atoms. The molecule has 0 fully saturated rings. The molecule has 0 aromatic heterocycles. The van der Waals surface area contributed by atoms with Crippen molar-refractivity contribution in [3.63, 3.8) is 0 Å². The van der Waals surface area contributed by atoms with Gasteiger partial charge in [0.2, 0.25) is 0 Å². The highest BCUT2D eigenvalue weighted by atomic mass is 16.5. The molecule has 3 heteroatoms. The molecular weight excluding hydrogens is 226 g/mol. The first-order chi connectivity index (χ1) is 8.68. The van der Waals surface area contributed by atoms with Gasteiger partial charge in [-0.15, -0.1) is 0 Å². The van der Waals surface area contributed by atoms with Gasteiger partial charge >= 0.3 is 0 Å². The Morgan fingerprint density at radius 1 is 1.33 bits per heavy atom. The first kappa shape index (κ1) is 13.2.